The van der Waals surface area contributed by atoms with E-state index in [1.54, 1.807) is 17.0 Å². The normalized spacial score (nSPS) is 14.8. The van der Waals surface area contributed by atoms with Gasteiger partial charge in [0.25, 0.3) is 11.8 Å². The summed E-state index contributed by atoms with van der Waals surface area (Å²) in [5, 5.41) is 13.7. The first-order valence-corrected chi connectivity index (χ1v) is 9.82. The summed E-state index contributed by atoms with van der Waals surface area (Å²) in [5.41, 5.74) is 0.384. The van der Waals surface area contributed by atoms with E-state index in [4.69, 9.17) is 9.84 Å². The average Bonchev–Trinajstić information content (AvgIpc) is 2.70. The highest BCUT2D eigenvalue weighted by Crippen LogP contribution is 2.29. The molecule has 2 N–H and O–H groups in total. The molecule has 2 aromatic carbocycles. The molecule has 0 spiro atoms. The van der Waals surface area contributed by atoms with Crippen LogP contribution in [0.25, 0.3) is 10.8 Å². The monoisotopic (exact) mass is 398 g/mol. The summed E-state index contributed by atoms with van der Waals surface area (Å²) >= 11 is 0. The Kier molecular flexibility index (Phi) is 6.36. The van der Waals surface area contributed by atoms with Gasteiger partial charge in [-0.25, -0.2) is 0 Å². The topological polar surface area (TPSA) is 95.9 Å². The molecule has 0 saturated carbocycles. The maximum Gasteiger partial charge on any atom is 0.306 e. The second-order valence-electron chi connectivity index (χ2n) is 7.61. The van der Waals surface area contributed by atoms with Crippen LogP contribution >= 0.6 is 0 Å². The lowest BCUT2D eigenvalue weighted by atomic mass is 9.96. The van der Waals surface area contributed by atoms with Gasteiger partial charge in [0.2, 0.25) is 0 Å². The van der Waals surface area contributed by atoms with Crippen LogP contribution < -0.4 is 10.1 Å². The van der Waals surface area contributed by atoms with E-state index in [1.807, 2.05) is 38.1 Å². The lowest BCUT2D eigenvalue weighted by Gasteiger charge is -2.30. The molecule has 0 radical (unpaired) electrons. The number of hydrogen-bond donors (Lipinski definition) is 2. The van der Waals surface area contributed by atoms with E-state index in [0.717, 1.165) is 10.8 Å². The Labute approximate surface area is 169 Å². The molecule has 0 unspecified atom stereocenters. The molecular formula is C22H26N2O5. The lowest BCUT2D eigenvalue weighted by molar-refractivity contribution is -0.143. The molecule has 1 aliphatic heterocycles. The van der Waals surface area contributed by atoms with Crippen molar-refractivity contribution in [1.82, 2.24) is 10.2 Å². The number of amides is 2. The van der Waals surface area contributed by atoms with Gasteiger partial charge < -0.3 is 20.1 Å². The van der Waals surface area contributed by atoms with Gasteiger partial charge in [-0.15, -0.1) is 0 Å². The molecule has 7 nitrogen and oxygen atoms in total. The van der Waals surface area contributed by atoms with Crippen molar-refractivity contribution >= 4 is 28.6 Å². The fourth-order valence-corrected chi connectivity index (χ4v) is 3.51. The number of carboxylic acids is 1. The van der Waals surface area contributed by atoms with Gasteiger partial charge in [-0.3, -0.25) is 14.4 Å². The van der Waals surface area contributed by atoms with Crippen LogP contribution in [0.4, 0.5) is 0 Å². The largest absolute Gasteiger partial charge is 0.483 e. The number of carbonyl (C=O) groups excluding carboxylic acids is 2. The van der Waals surface area contributed by atoms with Gasteiger partial charge in [0.1, 0.15) is 5.75 Å². The predicted molar refractivity (Wildman–Crippen MR) is 109 cm³/mol. The second-order valence-corrected chi connectivity index (χ2v) is 7.61. The summed E-state index contributed by atoms with van der Waals surface area (Å²) in [6.07, 6.45) is 0.864. The fourth-order valence-electron chi connectivity index (χ4n) is 3.51. The summed E-state index contributed by atoms with van der Waals surface area (Å²) < 4.78 is 5.73. The summed E-state index contributed by atoms with van der Waals surface area (Å²) in [4.78, 5) is 38.0. The van der Waals surface area contributed by atoms with Gasteiger partial charge in [0.15, 0.2) is 6.61 Å². The van der Waals surface area contributed by atoms with E-state index in [9.17, 15) is 14.4 Å². The van der Waals surface area contributed by atoms with Crippen LogP contribution in [-0.4, -0.2) is 53.5 Å². The van der Waals surface area contributed by atoms with Crippen LogP contribution in [0.2, 0.25) is 0 Å². The number of piperidine rings is 1. The third-order valence-corrected chi connectivity index (χ3v) is 5.02. The highest BCUT2D eigenvalue weighted by atomic mass is 16.5. The number of ether oxygens (including phenoxy) is 1. The quantitative estimate of drug-likeness (QED) is 0.780. The van der Waals surface area contributed by atoms with E-state index in [-0.39, 0.29) is 24.5 Å². The van der Waals surface area contributed by atoms with Crippen LogP contribution in [-0.2, 0) is 9.59 Å². The SMILES string of the molecule is CC(C)NC(=O)COc1cc2ccccc2cc1C(=O)N1CCC(C(=O)O)CC1. The van der Waals surface area contributed by atoms with Crippen molar-refractivity contribution in [2.75, 3.05) is 19.7 Å². The predicted octanol–water partition coefficient (Wildman–Crippen LogP) is 2.68. The van der Waals surface area contributed by atoms with Crippen molar-refractivity contribution in [2.45, 2.75) is 32.7 Å². The molecule has 0 bridgehead atoms. The third-order valence-electron chi connectivity index (χ3n) is 5.02. The van der Waals surface area contributed by atoms with Crippen molar-refractivity contribution < 1.29 is 24.2 Å². The molecule has 0 atom stereocenters. The molecule has 7 heteroatoms. The Hall–Kier alpha value is -3.09. The van der Waals surface area contributed by atoms with Gasteiger partial charge in [0.05, 0.1) is 11.5 Å². The molecular weight excluding hydrogens is 372 g/mol. The van der Waals surface area contributed by atoms with E-state index >= 15 is 0 Å². The first-order valence-electron chi connectivity index (χ1n) is 9.82. The zero-order chi connectivity index (χ0) is 21.0. The summed E-state index contributed by atoms with van der Waals surface area (Å²) in [6, 6.07) is 11.2. The lowest BCUT2D eigenvalue weighted by Crippen LogP contribution is -2.40. The minimum absolute atomic E-state index is 0.000614. The standard InChI is InChI=1S/C22H26N2O5/c1-14(2)23-20(25)13-29-19-12-17-6-4-3-5-16(17)11-18(19)21(26)24-9-7-15(8-10-24)22(27)28/h3-6,11-12,14-15H,7-10,13H2,1-2H3,(H,23,25)(H,27,28). The molecule has 2 amide bonds. The Morgan fingerprint density at radius 2 is 1.76 bits per heavy atom. The van der Waals surface area contributed by atoms with Gasteiger partial charge in [-0.2, -0.15) is 0 Å². The first kappa shape index (κ1) is 20.6. The number of nitrogens with one attached hydrogen (secondary N) is 1. The number of carbonyl (C=O) groups is 3. The Balaban J connectivity index is 1.83. The van der Waals surface area contributed by atoms with Gasteiger partial charge >= 0.3 is 5.97 Å². The average molecular weight is 398 g/mol. The molecule has 154 valence electrons. The van der Waals surface area contributed by atoms with E-state index in [1.165, 1.54) is 0 Å². The number of nitrogens with zero attached hydrogens (tertiary/aromatic N) is 1. The number of fused-ring (bicyclic) bond motifs is 1. The van der Waals surface area contributed by atoms with Crippen LogP contribution in [0.1, 0.15) is 37.0 Å². The molecule has 1 fully saturated rings. The van der Waals surface area contributed by atoms with E-state index < -0.39 is 11.9 Å². The Morgan fingerprint density at radius 1 is 1.14 bits per heavy atom. The summed E-state index contributed by atoms with van der Waals surface area (Å²) in [5.74, 6) is -1.34. The highest BCUT2D eigenvalue weighted by molar-refractivity contribution is 6.02. The van der Waals surface area contributed by atoms with Crippen LogP contribution in [0, 0.1) is 5.92 Å². The van der Waals surface area contributed by atoms with Crippen molar-refractivity contribution in [3.05, 3.63) is 42.0 Å². The van der Waals surface area contributed by atoms with Crippen molar-refractivity contribution in [3.63, 3.8) is 0 Å². The van der Waals surface area contributed by atoms with E-state index in [2.05, 4.69) is 5.32 Å². The zero-order valence-electron chi connectivity index (χ0n) is 16.7. The molecule has 29 heavy (non-hydrogen) atoms. The third kappa shape index (κ3) is 5.04. The van der Waals surface area contributed by atoms with Crippen molar-refractivity contribution in [3.8, 4) is 5.75 Å². The molecule has 3 rings (SSSR count). The number of aliphatic carboxylic acids is 1. The molecule has 1 saturated heterocycles. The van der Waals surface area contributed by atoms with Crippen LogP contribution in [0.3, 0.4) is 0 Å². The first-order chi connectivity index (χ1) is 13.8. The second kappa shape index (κ2) is 8.94. The molecule has 1 aliphatic rings. The number of hydrogen-bond acceptors (Lipinski definition) is 4. The minimum Gasteiger partial charge on any atom is -0.483 e. The minimum atomic E-state index is -0.817. The smallest absolute Gasteiger partial charge is 0.306 e. The van der Waals surface area contributed by atoms with E-state index in [0.29, 0.717) is 37.2 Å². The van der Waals surface area contributed by atoms with Gasteiger partial charge in [-0.05, 0) is 49.6 Å². The summed E-state index contributed by atoms with van der Waals surface area (Å²) in [6.45, 7) is 4.32. The molecule has 2 aromatic rings. The van der Waals surface area contributed by atoms with Crippen LogP contribution in [0.5, 0.6) is 5.75 Å². The maximum absolute atomic E-state index is 13.2. The summed E-state index contributed by atoms with van der Waals surface area (Å²) in [7, 11) is 0. The Morgan fingerprint density at radius 3 is 2.34 bits per heavy atom. The molecule has 0 aromatic heterocycles. The van der Waals surface area contributed by atoms with Gasteiger partial charge in [0, 0.05) is 19.1 Å². The van der Waals surface area contributed by atoms with Gasteiger partial charge in [-0.1, -0.05) is 24.3 Å². The maximum atomic E-state index is 13.2. The van der Waals surface area contributed by atoms with Crippen LogP contribution in [0.15, 0.2) is 36.4 Å². The number of likely N-dealkylation sites (tertiary alicyclic amines) is 1. The number of rotatable bonds is 6. The van der Waals surface area contributed by atoms with Crippen molar-refractivity contribution in [1.29, 1.82) is 0 Å². The highest BCUT2D eigenvalue weighted by Gasteiger charge is 2.29. The fraction of sp³-hybridized carbons (Fsp3) is 0.409. The van der Waals surface area contributed by atoms with Crippen molar-refractivity contribution in [2.24, 2.45) is 5.92 Å². The Bertz CT molecular complexity index is 917. The number of carboxylic acid groups (broad SMARTS) is 1. The molecule has 1 heterocycles. The number of benzene rings is 2. The molecule has 0 aliphatic carbocycles. The zero-order valence-corrected chi connectivity index (χ0v) is 16.7.